The van der Waals surface area contributed by atoms with Gasteiger partial charge in [0.15, 0.2) is 0 Å². The van der Waals surface area contributed by atoms with Crippen molar-refractivity contribution in [2.45, 2.75) is 0 Å². The van der Waals surface area contributed by atoms with Gasteiger partial charge < -0.3 is 10.1 Å². The molecule has 2 aromatic heterocycles. The van der Waals surface area contributed by atoms with Crippen LogP contribution >= 0.6 is 0 Å². The Morgan fingerprint density at radius 2 is 2.36 bits per heavy atom. The van der Waals surface area contributed by atoms with E-state index in [9.17, 15) is 10.1 Å². The van der Waals surface area contributed by atoms with Crippen LogP contribution in [0.15, 0.2) is 12.5 Å². The summed E-state index contributed by atoms with van der Waals surface area (Å²) < 4.78 is 1.33. The number of H-pyrrole nitrogens is 1. The Hall–Kier alpha value is -2.25. The summed E-state index contributed by atoms with van der Waals surface area (Å²) in [6.45, 7) is 0. The SMILES string of the molecule is Cn1c([N+](=O)[O-])cnc1-c1ncn[nH]1. The minimum Gasteiger partial charge on any atom is -0.358 e. The van der Waals surface area contributed by atoms with Gasteiger partial charge in [0.05, 0.1) is 7.05 Å². The highest BCUT2D eigenvalue weighted by atomic mass is 16.6. The van der Waals surface area contributed by atoms with Gasteiger partial charge in [0.2, 0.25) is 5.82 Å². The first-order chi connectivity index (χ1) is 6.70. The molecule has 0 aromatic carbocycles. The number of nitrogens with one attached hydrogen (secondary N) is 1. The van der Waals surface area contributed by atoms with Gasteiger partial charge in [-0.05, 0) is 4.92 Å². The fourth-order valence-electron chi connectivity index (χ4n) is 1.10. The Morgan fingerprint density at radius 1 is 1.57 bits per heavy atom. The molecule has 0 aliphatic carbocycles. The second-order valence-corrected chi connectivity index (χ2v) is 2.59. The highest BCUT2D eigenvalue weighted by Gasteiger charge is 2.19. The van der Waals surface area contributed by atoms with Crippen LogP contribution in [0, 0.1) is 10.1 Å². The minimum absolute atomic E-state index is 0.0867. The maximum Gasteiger partial charge on any atom is 0.343 e. The maximum atomic E-state index is 10.5. The largest absolute Gasteiger partial charge is 0.358 e. The zero-order valence-corrected chi connectivity index (χ0v) is 7.21. The second kappa shape index (κ2) is 2.91. The zero-order valence-electron chi connectivity index (χ0n) is 7.21. The molecule has 0 aliphatic rings. The van der Waals surface area contributed by atoms with Crippen molar-refractivity contribution in [3.05, 3.63) is 22.6 Å². The summed E-state index contributed by atoms with van der Waals surface area (Å²) >= 11 is 0. The number of aromatic amines is 1. The highest BCUT2D eigenvalue weighted by molar-refractivity contribution is 5.46. The molecular formula is C6H6N6O2. The van der Waals surface area contributed by atoms with Gasteiger partial charge in [-0.1, -0.05) is 0 Å². The summed E-state index contributed by atoms with van der Waals surface area (Å²) in [5.41, 5.74) is 0. The van der Waals surface area contributed by atoms with Gasteiger partial charge in [-0.2, -0.15) is 5.10 Å². The van der Waals surface area contributed by atoms with E-state index in [1.165, 1.54) is 17.1 Å². The molecule has 1 N–H and O–H groups in total. The third kappa shape index (κ3) is 1.13. The summed E-state index contributed by atoms with van der Waals surface area (Å²) in [6.07, 6.45) is 2.49. The van der Waals surface area contributed by atoms with E-state index in [2.05, 4.69) is 20.2 Å². The molecule has 8 nitrogen and oxygen atoms in total. The van der Waals surface area contributed by atoms with Crippen molar-refractivity contribution in [1.82, 2.24) is 24.7 Å². The van der Waals surface area contributed by atoms with Crippen molar-refractivity contribution in [3.63, 3.8) is 0 Å². The van der Waals surface area contributed by atoms with Crippen LogP contribution in [-0.2, 0) is 7.05 Å². The van der Waals surface area contributed by atoms with Gasteiger partial charge in [-0.25, -0.2) is 14.5 Å². The van der Waals surface area contributed by atoms with Crippen molar-refractivity contribution in [3.8, 4) is 11.6 Å². The fraction of sp³-hybridized carbons (Fsp3) is 0.167. The van der Waals surface area contributed by atoms with Crippen molar-refractivity contribution >= 4 is 5.82 Å². The summed E-state index contributed by atoms with van der Waals surface area (Å²) in [5.74, 6) is 0.700. The van der Waals surface area contributed by atoms with Gasteiger partial charge >= 0.3 is 5.82 Å². The minimum atomic E-state index is -0.507. The molecule has 2 aromatic rings. The quantitative estimate of drug-likeness (QED) is 0.540. The predicted octanol–water partition coefficient (Wildman–Crippen LogP) is 0.113. The number of rotatable bonds is 2. The van der Waals surface area contributed by atoms with Crippen molar-refractivity contribution in [2.75, 3.05) is 0 Å². The molecule has 0 amide bonds. The first kappa shape index (κ1) is 8.35. The van der Waals surface area contributed by atoms with Crippen LogP contribution < -0.4 is 0 Å². The van der Waals surface area contributed by atoms with Gasteiger partial charge in [0.25, 0.3) is 5.82 Å². The zero-order chi connectivity index (χ0) is 10.1. The smallest absolute Gasteiger partial charge is 0.343 e. The molecular weight excluding hydrogens is 188 g/mol. The van der Waals surface area contributed by atoms with Crippen molar-refractivity contribution < 1.29 is 4.92 Å². The van der Waals surface area contributed by atoms with Crippen molar-refractivity contribution in [1.29, 1.82) is 0 Å². The number of imidazole rings is 1. The standard InChI is InChI=1S/C6H6N6O2/c1-11-4(12(13)14)2-7-6(11)5-8-3-9-10-5/h2-3H,1H3,(H,8,9,10). The molecule has 0 atom stereocenters. The average Bonchev–Trinajstić information content (AvgIpc) is 2.71. The van der Waals surface area contributed by atoms with E-state index in [1.54, 1.807) is 7.05 Å². The molecule has 72 valence electrons. The summed E-state index contributed by atoms with van der Waals surface area (Å²) in [5, 5.41) is 16.7. The summed E-state index contributed by atoms with van der Waals surface area (Å²) in [6, 6.07) is 0. The molecule has 0 spiro atoms. The first-order valence-electron chi connectivity index (χ1n) is 3.72. The average molecular weight is 194 g/mol. The van der Waals surface area contributed by atoms with Crippen LogP contribution in [0.5, 0.6) is 0 Å². The van der Waals surface area contributed by atoms with E-state index >= 15 is 0 Å². The molecule has 8 heteroatoms. The lowest BCUT2D eigenvalue weighted by Crippen LogP contribution is -1.99. The van der Waals surface area contributed by atoms with Crippen LogP contribution in [0.3, 0.4) is 0 Å². The van der Waals surface area contributed by atoms with E-state index < -0.39 is 4.92 Å². The third-order valence-corrected chi connectivity index (χ3v) is 1.78. The highest BCUT2D eigenvalue weighted by Crippen LogP contribution is 2.17. The topological polar surface area (TPSA) is 103 Å². The van der Waals surface area contributed by atoms with Crippen LogP contribution in [-0.4, -0.2) is 29.7 Å². The Kier molecular flexibility index (Phi) is 1.73. The van der Waals surface area contributed by atoms with Gasteiger partial charge in [-0.3, -0.25) is 5.10 Å². The third-order valence-electron chi connectivity index (χ3n) is 1.78. The molecule has 0 radical (unpaired) electrons. The fourth-order valence-corrected chi connectivity index (χ4v) is 1.10. The van der Waals surface area contributed by atoms with E-state index in [4.69, 9.17) is 0 Å². The van der Waals surface area contributed by atoms with E-state index in [1.807, 2.05) is 0 Å². The van der Waals surface area contributed by atoms with Gasteiger partial charge in [0.1, 0.15) is 12.5 Å². The first-order valence-corrected chi connectivity index (χ1v) is 3.72. The Balaban J connectivity index is 2.52. The van der Waals surface area contributed by atoms with E-state index in [-0.39, 0.29) is 5.82 Å². The molecule has 0 aliphatic heterocycles. The number of nitro groups is 1. The molecule has 0 unspecified atom stereocenters. The lowest BCUT2D eigenvalue weighted by Gasteiger charge is -1.94. The molecule has 0 saturated heterocycles. The normalized spacial score (nSPS) is 10.4. The predicted molar refractivity (Wildman–Crippen MR) is 45.2 cm³/mol. The Labute approximate surface area is 77.8 Å². The molecule has 2 heterocycles. The van der Waals surface area contributed by atoms with Gasteiger partial charge in [0, 0.05) is 0 Å². The van der Waals surface area contributed by atoms with Crippen LogP contribution in [0.1, 0.15) is 0 Å². The van der Waals surface area contributed by atoms with Crippen LogP contribution in [0.4, 0.5) is 5.82 Å². The lowest BCUT2D eigenvalue weighted by atomic mass is 10.6. The molecule has 0 saturated carbocycles. The van der Waals surface area contributed by atoms with Gasteiger partial charge in [-0.15, -0.1) is 0 Å². The lowest BCUT2D eigenvalue weighted by molar-refractivity contribution is -0.391. The second-order valence-electron chi connectivity index (χ2n) is 2.59. The van der Waals surface area contributed by atoms with E-state index in [0.29, 0.717) is 11.6 Å². The monoisotopic (exact) mass is 194 g/mol. The molecule has 14 heavy (non-hydrogen) atoms. The van der Waals surface area contributed by atoms with E-state index in [0.717, 1.165) is 0 Å². The Morgan fingerprint density at radius 3 is 2.86 bits per heavy atom. The van der Waals surface area contributed by atoms with Crippen molar-refractivity contribution in [2.24, 2.45) is 7.05 Å². The summed E-state index contributed by atoms with van der Waals surface area (Å²) in [4.78, 5) is 17.7. The summed E-state index contributed by atoms with van der Waals surface area (Å²) in [7, 11) is 1.54. The Bertz CT molecular complexity index is 459. The number of hydrogen-bond acceptors (Lipinski definition) is 5. The molecule has 0 fully saturated rings. The number of aromatic nitrogens is 5. The van der Waals surface area contributed by atoms with Crippen LogP contribution in [0.25, 0.3) is 11.6 Å². The maximum absolute atomic E-state index is 10.5. The molecule has 0 bridgehead atoms. The number of hydrogen-bond donors (Lipinski definition) is 1. The number of nitrogens with zero attached hydrogens (tertiary/aromatic N) is 5. The van der Waals surface area contributed by atoms with Crippen LogP contribution in [0.2, 0.25) is 0 Å². The molecule has 2 rings (SSSR count).